The molecule has 0 unspecified atom stereocenters. The first-order chi connectivity index (χ1) is 13.3. The molecule has 0 aromatic heterocycles. The van der Waals surface area contributed by atoms with Gasteiger partial charge in [0.1, 0.15) is 17.3 Å². The standard InChI is InChI=1S/C21H14Cl4O3/c1-27-20(26)21-9-13(11-2-4-14(22)16(24)6-11)8-19(21)28-18(10-21)12-3-5-15(23)17(25)7-12/h2-8,10,19H,9H2,1H3/t19-,21+/m0/s1. The molecule has 2 atom stereocenters. The Labute approximate surface area is 182 Å². The van der Waals surface area contributed by atoms with Crippen LogP contribution in [0.25, 0.3) is 11.3 Å². The lowest BCUT2D eigenvalue weighted by Gasteiger charge is -2.23. The zero-order chi connectivity index (χ0) is 20.1. The summed E-state index contributed by atoms with van der Waals surface area (Å²) >= 11 is 24.3. The molecule has 144 valence electrons. The molecule has 0 fully saturated rings. The molecule has 2 aliphatic rings. The lowest BCUT2D eigenvalue weighted by Crippen LogP contribution is -2.35. The first-order valence-electron chi connectivity index (χ1n) is 8.43. The lowest BCUT2D eigenvalue weighted by molar-refractivity contribution is -0.151. The number of esters is 1. The second kappa shape index (κ2) is 7.31. The Hall–Kier alpha value is -1.65. The molecule has 3 nitrogen and oxygen atoms in total. The topological polar surface area (TPSA) is 35.5 Å². The number of methoxy groups -OCH3 is 1. The molecule has 0 saturated heterocycles. The van der Waals surface area contributed by atoms with Crippen LogP contribution in [0.3, 0.4) is 0 Å². The van der Waals surface area contributed by atoms with Gasteiger partial charge in [0.15, 0.2) is 0 Å². The van der Waals surface area contributed by atoms with Gasteiger partial charge in [0.25, 0.3) is 0 Å². The van der Waals surface area contributed by atoms with E-state index in [0.29, 0.717) is 32.3 Å². The molecule has 0 radical (unpaired) electrons. The van der Waals surface area contributed by atoms with Gasteiger partial charge in [-0.3, -0.25) is 4.79 Å². The number of hydrogen-bond donors (Lipinski definition) is 0. The van der Waals surface area contributed by atoms with Crippen molar-refractivity contribution in [2.24, 2.45) is 5.41 Å². The molecule has 28 heavy (non-hydrogen) atoms. The van der Waals surface area contributed by atoms with Crippen LogP contribution in [0, 0.1) is 5.41 Å². The normalized spacial score (nSPS) is 23.0. The van der Waals surface area contributed by atoms with Gasteiger partial charge in [-0.05, 0) is 60.0 Å². The average molecular weight is 456 g/mol. The van der Waals surface area contributed by atoms with E-state index >= 15 is 0 Å². The summed E-state index contributed by atoms with van der Waals surface area (Å²) in [7, 11) is 1.37. The van der Waals surface area contributed by atoms with Crippen LogP contribution in [0.5, 0.6) is 0 Å². The second-order valence-electron chi connectivity index (χ2n) is 6.71. The van der Waals surface area contributed by atoms with Gasteiger partial charge in [0, 0.05) is 5.56 Å². The Morgan fingerprint density at radius 1 is 1.00 bits per heavy atom. The first-order valence-corrected chi connectivity index (χ1v) is 9.95. The number of fused-ring (bicyclic) bond motifs is 1. The molecule has 1 aliphatic carbocycles. The Morgan fingerprint density at radius 3 is 2.21 bits per heavy atom. The predicted molar refractivity (Wildman–Crippen MR) is 113 cm³/mol. The van der Waals surface area contributed by atoms with E-state index in [4.69, 9.17) is 55.9 Å². The van der Waals surface area contributed by atoms with E-state index in [1.165, 1.54) is 7.11 Å². The van der Waals surface area contributed by atoms with Gasteiger partial charge in [-0.15, -0.1) is 0 Å². The summed E-state index contributed by atoms with van der Waals surface area (Å²) in [5.41, 5.74) is 1.63. The van der Waals surface area contributed by atoms with E-state index in [-0.39, 0.29) is 5.97 Å². The molecule has 0 amide bonds. The van der Waals surface area contributed by atoms with E-state index in [2.05, 4.69) is 0 Å². The van der Waals surface area contributed by atoms with Crippen molar-refractivity contribution in [2.75, 3.05) is 7.11 Å². The maximum Gasteiger partial charge on any atom is 0.320 e. The third kappa shape index (κ3) is 3.21. The fraction of sp³-hybridized carbons (Fsp3) is 0.190. The largest absolute Gasteiger partial charge is 0.484 e. The summed E-state index contributed by atoms with van der Waals surface area (Å²) in [6.45, 7) is 0. The maximum absolute atomic E-state index is 12.7. The zero-order valence-corrected chi connectivity index (χ0v) is 17.7. The molecule has 2 aromatic carbocycles. The summed E-state index contributed by atoms with van der Waals surface area (Å²) in [5.74, 6) is 0.206. The average Bonchev–Trinajstić information content (AvgIpc) is 3.21. The summed E-state index contributed by atoms with van der Waals surface area (Å²) in [5, 5.41) is 1.80. The molecule has 7 heteroatoms. The van der Waals surface area contributed by atoms with Crippen LogP contribution in [0.2, 0.25) is 20.1 Å². The smallest absolute Gasteiger partial charge is 0.320 e. The quantitative estimate of drug-likeness (QED) is 0.483. The van der Waals surface area contributed by atoms with Crippen molar-refractivity contribution < 1.29 is 14.3 Å². The van der Waals surface area contributed by atoms with E-state index in [0.717, 1.165) is 16.7 Å². The Bertz CT molecular complexity index is 1040. The van der Waals surface area contributed by atoms with E-state index < -0.39 is 11.5 Å². The summed E-state index contributed by atoms with van der Waals surface area (Å²) in [4.78, 5) is 12.7. The van der Waals surface area contributed by atoms with Crippen molar-refractivity contribution in [1.29, 1.82) is 0 Å². The molecule has 0 saturated carbocycles. The van der Waals surface area contributed by atoms with Gasteiger partial charge in [-0.1, -0.05) is 52.5 Å². The van der Waals surface area contributed by atoms with E-state index in [1.54, 1.807) is 30.3 Å². The molecule has 2 aromatic rings. The number of ether oxygens (including phenoxy) is 2. The lowest BCUT2D eigenvalue weighted by atomic mass is 9.82. The van der Waals surface area contributed by atoms with Crippen molar-refractivity contribution in [3.8, 4) is 0 Å². The van der Waals surface area contributed by atoms with Gasteiger partial charge in [0.2, 0.25) is 0 Å². The third-order valence-electron chi connectivity index (χ3n) is 5.05. The fourth-order valence-corrected chi connectivity index (χ4v) is 4.21. The number of rotatable bonds is 3. The molecule has 0 spiro atoms. The van der Waals surface area contributed by atoms with Crippen LogP contribution in [-0.4, -0.2) is 19.2 Å². The van der Waals surface area contributed by atoms with Crippen LogP contribution in [-0.2, 0) is 14.3 Å². The van der Waals surface area contributed by atoms with Crippen molar-refractivity contribution in [2.45, 2.75) is 12.5 Å². The van der Waals surface area contributed by atoms with Crippen molar-refractivity contribution >= 4 is 63.7 Å². The van der Waals surface area contributed by atoms with Crippen LogP contribution in [0.1, 0.15) is 17.5 Å². The molecule has 1 heterocycles. The minimum atomic E-state index is -0.947. The molecule has 1 aliphatic heterocycles. The Balaban J connectivity index is 1.71. The third-order valence-corrected chi connectivity index (χ3v) is 6.52. The number of hydrogen-bond acceptors (Lipinski definition) is 3. The minimum absolute atomic E-state index is 0.362. The number of carbonyl (C=O) groups excluding carboxylic acids is 1. The highest BCUT2D eigenvalue weighted by Crippen LogP contribution is 2.52. The van der Waals surface area contributed by atoms with Gasteiger partial charge in [-0.2, -0.15) is 0 Å². The van der Waals surface area contributed by atoms with Crippen LogP contribution in [0.4, 0.5) is 0 Å². The molecular weight excluding hydrogens is 442 g/mol. The monoisotopic (exact) mass is 454 g/mol. The summed E-state index contributed by atoms with van der Waals surface area (Å²) < 4.78 is 11.2. The number of halogens is 4. The van der Waals surface area contributed by atoms with Gasteiger partial charge in [0.05, 0.1) is 27.2 Å². The van der Waals surface area contributed by atoms with Gasteiger partial charge >= 0.3 is 5.97 Å². The van der Waals surface area contributed by atoms with Crippen molar-refractivity contribution in [3.05, 3.63) is 79.8 Å². The Morgan fingerprint density at radius 2 is 1.61 bits per heavy atom. The van der Waals surface area contributed by atoms with Crippen LogP contribution in [0.15, 0.2) is 48.6 Å². The zero-order valence-electron chi connectivity index (χ0n) is 14.6. The van der Waals surface area contributed by atoms with Crippen molar-refractivity contribution in [1.82, 2.24) is 0 Å². The molecule has 4 rings (SSSR count). The fourth-order valence-electron chi connectivity index (χ4n) is 3.62. The highest BCUT2D eigenvalue weighted by Gasteiger charge is 2.54. The SMILES string of the molecule is COC(=O)[C@]12C=C(c3ccc(Cl)c(Cl)c3)O[C@H]1C=C(c1ccc(Cl)c(Cl)c1)C2. The van der Waals surface area contributed by atoms with Gasteiger partial charge < -0.3 is 9.47 Å². The number of benzene rings is 2. The number of carbonyl (C=O) groups is 1. The molecule has 0 bridgehead atoms. The highest BCUT2D eigenvalue weighted by molar-refractivity contribution is 6.42. The molecule has 0 N–H and O–H groups in total. The summed E-state index contributed by atoms with van der Waals surface area (Å²) in [6, 6.07) is 10.6. The minimum Gasteiger partial charge on any atom is -0.484 e. The number of allylic oxidation sites excluding steroid dienone is 1. The summed E-state index contributed by atoms with van der Waals surface area (Å²) in [6.07, 6.45) is 3.67. The van der Waals surface area contributed by atoms with Crippen LogP contribution < -0.4 is 0 Å². The molecular formula is C21H14Cl4O3. The highest BCUT2D eigenvalue weighted by atomic mass is 35.5. The Kier molecular flexibility index (Phi) is 5.13. The second-order valence-corrected chi connectivity index (χ2v) is 8.33. The van der Waals surface area contributed by atoms with Crippen molar-refractivity contribution in [3.63, 3.8) is 0 Å². The predicted octanol–water partition coefficient (Wildman–Crippen LogP) is 6.69. The van der Waals surface area contributed by atoms with Crippen LogP contribution >= 0.6 is 46.4 Å². The van der Waals surface area contributed by atoms with E-state index in [1.807, 2.05) is 18.2 Å². The van der Waals surface area contributed by atoms with Gasteiger partial charge in [-0.25, -0.2) is 0 Å². The maximum atomic E-state index is 12.7. The first kappa shape index (κ1) is 19.7. The van der Waals surface area contributed by atoms with E-state index in [9.17, 15) is 4.79 Å².